The topological polar surface area (TPSA) is 50.3 Å². The Balaban J connectivity index is 2.17. The summed E-state index contributed by atoms with van der Waals surface area (Å²) in [5.74, 6) is 0. The van der Waals surface area contributed by atoms with Crippen molar-refractivity contribution in [3.8, 4) is 0 Å². The first-order chi connectivity index (χ1) is 12.1. The van der Waals surface area contributed by atoms with Crippen molar-refractivity contribution in [2.24, 2.45) is 0 Å². The molecule has 0 spiro atoms. The lowest BCUT2D eigenvalue weighted by Gasteiger charge is -2.32. The summed E-state index contributed by atoms with van der Waals surface area (Å²) in [5, 5.41) is 0.0493. The second-order valence-electron chi connectivity index (χ2n) is 5.64. The number of rotatable bonds is 6. The van der Waals surface area contributed by atoms with Crippen LogP contribution in [0.15, 0.2) is 90.1 Å². The summed E-state index contributed by atoms with van der Waals surface area (Å²) in [6.45, 7) is 1.99. The van der Waals surface area contributed by atoms with Gasteiger partial charge in [0.2, 0.25) is 0 Å². The van der Waals surface area contributed by atoms with Gasteiger partial charge >= 0.3 is 0 Å². The van der Waals surface area contributed by atoms with Crippen LogP contribution in [0.3, 0.4) is 0 Å². The van der Waals surface area contributed by atoms with E-state index < -0.39 is 10.0 Å². The Labute approximate surface area is 148 Å². The first-order valence-corrected chi connectivity index (χ1v) is 9.64. The molecule has 1 atom stereocenters. The predicted octanol–water partition coefficient (Wildman–Crippen LogP) is 4.43. The second-order valence-corrected chi connectivity index (χ2v) is 7.40. The van der Waals surface area contributed by atoms with E-state index in [-0.39, 0.29) is 11.1 Å². The fourth-order valence-electron chi connectivity index (χ4n) is 2.87. The third kappa shape index (κ3) is 3.56. The summed E-state index contributed by atoms with van der Waals surface area (Å²) in [7, 11) is -3.79. The number of benzene rings is 2. The van der Waals surface area contributed by atoms with Gasteiger partial charge in [-0.15, -0.1) is 0 Å². The van der Waals surface area contributed by atoms with Crippen LogP contribution in [-0.2, 0) is 10.0 Å². The summed E-state index contributed by atoms with van der Waals surface area (Å²) < 4.78 is 28.2. The highest BCUT2D eigenvalue weighted by atomic mass is 32.2. The van der Waals surface area contributed by atoms with E-state index >= 15 is 0 Å². The number of nitrogens with zero attached hydrogens (tertiary/aromatic N) is 2. The van der Waals surface area contributed by atoms with E-state index in [0.29, 0.717) is 12.1 Å². The van der Waals surface area contributed by atoms with Gasteiger partial charge in [0.15, 0.2) is 5.03 Å². The maximum absolute atomic E-state index is 13.4. The predicted molar refractivity (Wildman–Crippen MR) is 99.8 cm³/mol. The molecule has 0 amide bonds. The largest absolute Gasteiger partial charge is 0.282 e. The summed E-state index contributed by atoms with van der Waals surface area (Å²) in [4.78, 5) is 4.08. The quantitative estimate of drug-likeness (QED) is 0.659. The molecule has 0 radical (unpaired) electrons. The van der Waals surface area contributed by atoms with E-state index in [1.807, 2.05) is 67.6 Å². The molecule has 3 rings (SSSR count). The molecule has 25 heavy (non-hydrogen) atoms. The molecule has 0 saturated carbocycles. The zero-order valence-corrected chi connectivity index (χ0v) is 14.8. The lowest BCUT2D eigenvalue weighted by atomic mass is 10.0. The van der Waals surface area contributed by atoms with Crippen molar-refractivity contribution in [3.05, 3.63) is 90.6 Å². The van der Waals surface area contributed by atoms with Gasteiger partial charge in [-0.3, -0.25) is 4.31 Å². The zero-order chi connectivity index (χ0) is 17.7. The molecule has 0 aliphatic heterocycles. The van der Waals surface area contributed by atoms with Crippen molar-refractivity contribution in [3.63, 3.8) is 0 Å². The summed E-state index contributed by atoms with van der Waals surface area (Å²) in [5.41, 5.74) is 1.58. The molecule has 1 aromatic heterocycles. The Bertz CT molecular complexity index is 898. The molecule has 0 fully saturated rings. The van der Waals surface area contributed by atoms with Gasteiger partial charge in [-0.1, -0.05) is 61.5 Å². The molecule has 1 heterocycles. The third-order valence-electron chi connectivity index (χ3n) is 4.03. The van der Waals surface area contributed by atoms with Crippen molar-refractivity contribution in [1.29, 1.82) is 0 Å². The van der Waals surface area contributed by atoms with Crippen molar-refractivity contribution in [1.82, 2.24) is 4.98 Å². The molecule has 0 aliphatic carbocycles. The molecular formula is C20H20N2O2S. The summed E-state index contributed by atoms with van der Waals surface area (Å²) in [6, 6.07) is 23.5. The van der Waals surface area contributed by atoms with Crippen molar-refractivity contribution < 1.29 is 8.42 Å². The van der Waals surface area contributed by atoms with Gasteiger partial charge in [-0.05, 0) is 36.2 Å². The van der Waals surface area contributed by atoms with Gasteiger partial charge in [0.1, 0.15) is 0 Å². The maximum atomic E-state index is 13.4. The smallest absolute Gasteiger partial charge is 0.258 e. The van der Waals surface area contributed by atoms with Gasteiger partial charge in [-0.25, -0.2) is 4.98 Å². The van der Waals surface area contributed by atoms with Crippen LogP contribution in [0.1, 0.15) is 24.9 Å². The van der Waals surface area contributed by atoms with E-state index in [1.165, 1.54) is 16.6 Å². The van der Waals surface area contributed by atoms with Crippen LogP contribution in [0.2, 0.25) is 0 Å². The lowest BCUT2D eigenvalue weighted by Crippen LogP contribution is -2.35. The van der Waals surface area contributed by atoms with E-state index in [2.05, 4.69) is 4.98 Å². The van der Waals surface area contributed by atoms with Crippen LogP contribution in [0.4, 0.5) is 5.69 Å². The van der Waals surface area contributed by atoms with Gasteiger partial charge in [-0.2, -0.15) is 8.42 Å². The van der Waals surface area contributed by atoms with Crippen LogP contribution >= 0.6 is 0 Å². The number of pyridine rings is 1. The Kier molecular flexibility index (Phi) is 5.14. The Morgan fingerprint density at radius 2 is 1.48 bits per heavy atom. The molecule has 0 saturated heterocycles. The monoisotopic (exact) mass is 352 g/mol. The minimum absolute atomic E-state index is 0.0493. The Morgan fingerprint density at radius 1 is 0.880 bits per heavy atom. The van der Waals surface area contributed by atoms with Crippen molar-refractivity contribution in [2.75, 3.05) is 4.31 Å². The van der Waals surface area contributed by atoms with Gasteiger partial charge in [0.25, 0.3) is 10.0 Å². The molecular weight excluding hydrogens is 332 g/mol. The molecule has 5 heteroatoms. The minimum atomic E-state index is -3.79. The molecule has 128 valence electrons. The highest BCUT2D eigenvalue weighted by Gasteiger charge is 2.32. The van der Waals surface area contributed by atoms with Crippen LogP contribution in [0.5, 0.6) is 0 Å². The number of sulfonamides is 1. The van der Waals surface area contributed by atoms with E-state index in [1.54, 1.807) is 12.1 Å². The maximum Gasteiger partial charge on any atom is 0.282 e. The SMILES string of the molecule is CCC(c1ccccc1)N(c1ccccc1)S(=O)(=O)c1ccccn1. The highest BCUT2D eigenvalue weighted by molar-refractivity contribution is 7.92. The average Bonchev–Trinajstić information content (AvgIpc) is 2.68. The fraction of sp³-hybridized carbons (Fsp3) is 0.150. The van der Waals surface area contributed by atoms with Gasteiger partial charge in [0.05, 0.1) is 11.7 Å². The van der Waals surface area contributed by atoms with Crippen LogP contribution in [-0.4, -0.2) is 13.4 Å². The van der Waals surface area contributed by atoms with Crippen LogP contribution < -0.4 is 4.31 Å². The average molecular weight is 352 g/mol. The highest BCUT2D eigenvalue weighted by Crippen LogP contribution is 2.34. The van der Waals surface area contributed by atoms with E-state index in [0.717, 1.165) is 5.56 Å². The zero-order valence-electron chi connectivity index (χ0n) is 14.0. The molecule has 0 N–H and O–H groups in total. The van der Waals surface area contributed by atoms with Crippen molar-refractivity contribution in [2.45, 2.75) is 24.4 Å². The van der Waals surface area contributed by atoms with Gasteiger partial charge in [0, 0.05) is 6.20 Å². The Hall–Kier alpha value is -2.66. The first kappa shape index (κ1) is 17.2. The first-order valence-electron chi connectivity index (χ1n) is 8.20. The van der Waals surface area contributed by atoms with Gasteiger partial charge < -0.3 is 0 Å². The normalized spacial score (nSPS) is 12.5. The minimum Gasteiger partial charge on any atom is -0.258 e. The van der Waals surface area contributed by atoms with Crippen LogP contribution in [0.25, 0.3) is 0 Å². The third-order valence-corrected chi connectivity index (χ3v) is 5.78. The lowest BCUT2D eigenvalue weighted by molar-refractivity contribution is 0.570. The molecule has 0 bridgehead atoms. The van der Waals surface area contributed by atoms with Crippen molar-refractivity contribution >= 4 is 15.7 Å². The molecule has 3 aromatic rings. The summed E-state index contributed by atoms with van der Waals surface area (Å²) in [6.07, 6.45) is 2.14. The number of hydrogen-bond donors (Lipinski definition) is 0. The second kappa shape index (κ2) is 7.49. The Morgan fingerprint density at radius 3 is 2.04 bits per heavy atom. The number of hydrogen-bond acceptors (Lipinski definition) is 3. The molecule has 4 nitrogen and oxygen atoms in total. The standard InChI is InChI=1S/C20H20N2O2S/c1-2-19(17-11-5-3-6-12-17)22(18-13-7-4-8-14-18)25(23,24)20-15-9-10-16-21-20/h3-16,19H,2H2,1H3. The van der Waals surface area contributed by atoms with Crippen LogP contribution in [0, 0.1) is 0 Å². The molecule has 1 unspecified atom stereocenters. The number of aromatic nitrogens is 1. The summed E-state index contributed by atoms with van der Waals surface area (Å²) >= 11 is 0. The van der Waals surface area contributed by atoms with E-state index in [9.17, 15) is 8.42 Å². The molecule has 0 aliphatic rings. The fourth-order valence-corrected chi connectivity index (χ4v) is 4.52. The number of anilines is 1. The van der Waals surface area contributed by atoms with E-state index in [4.69, 9.17) is 0 Å². The molecule has 2 aromatic carbocycles. The number of para-hydroxylation sites is 1.